The van der Waals surface area contributed by atoms with Crippen molar-refractivity contribution in [1.82, 2.24) is 5.32 Å². The summed E-state index contributed by atoms with van der Waals surface area (Å²) in [6, 6.07) is -1.32. The van der Waals surface area contributed by atoms with Crippen molar-refractivity contribution in [1.29, 1.82) is 0 Å². The van der Waals surface area contributed by atoms with Crippen molar-refractivity contribution in [2.45, 2.75) is 51.9 Å². The SMILES string of the molecule is CCCC(C)OC(=O)C(C)NC(=O)C(F)(F)F. The molecule has 0 rings (SSSR count). The van der Waals surface area contributed by atoms with Crippen molar-refractivity contribution in [3.05, 3.63) is 0 Å². The fraction of sp³-hybridized carbons (Fsp3) is 0.800. The minimum absolute atomic E-state index is 0.377. The van der Waals surface area contributed by atoms with Crippen LogP contribution >= 0.6 is 0 Å². The lowest BCUT2D eigenvalue weighted by Gasteiger charge is -2.17. The van der Waals surface area contributed by atoms with Gasteiger partial charge in [0.25, 0.3) is 0 Å². The van der Waals surface area contributed by atoms with Gasteiger partial charge in [-0.3, -0.25) is 4.79 Å². The molecule has 0 aliphatic carbocycles. The fourth-order valence-corrected chi connectivity index (χ4v) is 1.10. The van der Waals surface area contributed by atoms with E-state index in [9.17, 15) is 22.8 Å². The van der Waals surface area contributed by atoms with Gasteiger partial charge in [0.2, 0.25) is 0 Å². The lowest BCUT2D eigenvalue weighted by Crippen LogP contribution is -2.46. The highest BCUT2D eigenvalue weighted by Crippen LogP contribution is 2.14. The summed E-state index contributed by atoms with van der Waals surface area (Å²) in [4.78, 5) is 21.8. The summed E-state index contributed by atoms with van der Waals surface area (Å²) in [6.45, 7) is 4.67. The molecular formula is C10H16F3NO3. The van der Waals surface area contributed by atoms with Crippen LogP contribution in [0.1, 0.15) is 33.6 Å². The minimum atomic E-state index is -5.00. The molecule has 0 aromatic heterocycles. The molecule has 0 aromatic carbocycles. The van der Waals surface area contributed by atoms with Crippen molar-refractivity contribution in [2.24, 2.45) is 0 Å². The highest BCUT2D eigenvalue weighted by Gasteiger charge is 2.40. The maximum Gasteiger partial charge on any atom is 0.471 e. The zero-order chi connectivity index (χ0) is 13.6. The lowest BCUT2D eigenvalue weighted by atomic mass is 10.2. The van der Waals surface area contributed by atoms with Crippen LogP contribution in [-0.4, -0.2) is 30.2 Å². The molecule has 0 saturated carbocycles. The van der Waals surface area contributed by atoms with Crippen LogP contribution in [0.5, 0.6) is 0 Å². The van der Waals surface area contributed by atoms with Gasteiger partial charge in [-0.2, -0.15) is 13.2 Å². The molecule has 1 N–H and O–H groups in total. The third-order valence-corrected chi connectivity index (χ3v) is 1.97. The van der Waals surface area contributed by atoms with Gasteiger partial charge in [0.05, 0.1) is 6.10 Å². The molecule has 0 heterocycles. The zero-order valence-corrected chi connectivity index (χ0v) is 9.93. The molecule has 0 aliphatic heterocycles. The Kier molecular flexibility index (Phi) is 5.98. The van der Waals surface area contributed by atoms with E-state index in [1.165, 1.54) is 5.32 Å². The average Bonchev–Trinajstić information content (AvgIpc) is 2.16. The van der Waals surface area contributed by atoms with Gasteiger partial charge in [0.1, 0.15) is 6.04 Å². The molecule has 0 spiro atoms. The number of carbonyl (C=O) groups excluding carboxylic acids is 2. The van der Waals surface area contributed by atoms with E-state index in [-0.39, 0.29) is 6.10 Å². The summed E-state index contributed by atoms with van der Waals surface area (Å²) in [6.07, 6.45) is -3.97. The summed E-state index contributed by atoms with van der Waals surface area (Å²) in [5.74, 6) is -3.02. The lowest BCUT2D eigenvalue weighted by molar-refractivity contribution is -0.176. The second-order valence-electron chi connectivity index (χ2n) is 3.73. The monoisotopic (exact) mass is 255 g/mol. The Balaban J connectivity index is 4.19. The van der Waals surface area contributed by atoms with E-state index < -0.39 is 24.1 Å². The smallest absolute Gasteiger partial charge is 0.461 e. The Morgan fingerprint density at radius 3 is 2.24 bits per heavy atom. The number of rotatable bonds is 5. The molecule has 2 atom stereocenters. The van der Waals surface area contributed by atoms with Crippen LogP contribution in [0.3, 0.4) is 0 Å². The van der Waals surface area contributed by atoms with Gasteiger partial charge in [-0.1, -0.05) is 13.3 Å². The number of nitrogens with one attached hydrogen (secondary N) is 1. The Bertz CT molecular complexity index is 278. The van der Waals surface area contributed by atoms with Gasteiger partial charge in [0.15, 0.2) is 0 Å². The van der Waals surface area contributed by atoms with Gasteiger partial charge in [0, 0.05) is 0 Å². The minimum Gasteiger partial charge on any atom is -0.461 e. The van der Waals surface area contributed by atoms with E-state index >= 15 is 0 Å². The van der Waals surface area contributed by atoms with E-state index in [1.54, 1.807) is 6.92 Å². The van der Waals surface area contributed by atoms with Crippen molar-refractivity contribution in [3.63, 3.8) is 0 Å². The summed E-state index contributed by atoms with van der Waals surface area (Å²) in [5.41, 5.74) is 0. The van der Waals surface area contributed by atoms with Crippen molar-refractivity contribution < 1.29 is 27.5 Å². The summed E-state index contributed by atoms with van der Waals surface area (Å²) in [7, 11) is 0. The second kappa shape index (κ2) is 6.46. The molecule has 100 valence electrons. The summed E-state index contributed by atoms with van der Waals surface area (Å²) in [5, 5.41) is 1.53. The number of halogens is 3. The first-order chi connectivity index (χ1) is 7.68. The van der Waals surface area contributed by atoms with Crippen LogP contribution < -0.4 is 5.32 Å². The van der Waals surface area contributed by atoms with E-state index in [4.69, 9.17) is 4.74 Å². The molecule has 2 unspecified atom stereocenters. The molecule has 7 heteroatoms. The van der Waals surface area contributed by atoms with Crippen LogP contribution in [0.2, 0.25) is 0 Å². The molecule has 0 aliphatic rings. The predicted molar refractivity (Wildman–Crippen MR) is 54.1 cm³/mol. The standard InChI is InChI=1S/C10H16F3NO3/c1-4-5-6(2)17-8(15)7(3)14-9(16)10(11,12)13/h6-7H,4-5H2,1-3H3,(H,14,16). The van der Waals surface area contributed by atoms with Gasteiger partial charge in [-0.15, -0.1) is 0 Å². The topological polar surface area (TPSA) is 55.4 Å². The maximum absolute atomic E-state index is 11.9. The molecule has 4 nitrogen and oxygen atoms in total. The van der Waals surface area contributed by atoms with E-state index in [0.29, 0.717) is 6.42 Å². The first-order valence-electron chi connectivity index (χ1n) is 5.26. The van der Waals surface area contributed by atoms with Crippen molar-refractivity contribution in [3.8, 4) is 0 Å². The summed E-state index contributed by atoms with van der Waals surface area (Å²) >= 11 is 0. The Hall–Kier alpha value is -1.27. The van der Waals surface area contributed by atoms with Crippen LogP contribution in [0, 0.1) is 0 Å². The zero-order valence-electron chi connectivity index (χ0n) is 9.93. The van der Waals surface area contributed by atoms with E-state index in [2.05, 4.69) is 0 Å². The molecule has 0 fully saturated rings. The Morgan fingerprint density at radius 1 is 1.29 bits per heavy atom. The second-order valence-corrected chi connectivity index (χ2v) is 3.73. The fourth-order valence-electron chi connectivity index (χ4n) is 1.10. The number of esters is 1. The van der Waals surface area contributed by atoms with Gasteiger partial charge in [-0.25, -0.2) is 4.79 Å². The van der Waals surface area contributed by atoms with E-state index in [0.717, 1.165) is 13.3 Å². The molecule has 1 amide bonds. The largest absolute Gasteiger partial charge is 0.471 e. The number of hydrogen-bond donors (Lipinski definition) is 1. The van der Waals surface area contributed by atoms with Crippen molar-refractivity contribution in [2.75, 3.05) is 0 Å². The van der Waals surface area contributed by atoms with Crippen molar-refractivity contribution >= 4 is 11.9 Å². The molecular weight excluding hydrogens is 239 g/mol. The van der Waals surface area contributed by atoms with Crippen LogP contribution in [0.15, 0.2) is 0 Å². The number of hydrogen-bond acceptors (Lipinski definition) is 3. The third-order valence-electron chi connectivity index (χ3n) is 1.97. The quantitative estimate of drug-likeness (QED) is 0.762. The predicted octanol–water partition coefficient (Wildman–Crippen LogP) is 1.79. The van der Waals surface area contributed by atoms with Crippen LogP contribution in [-0.2, 0) is 14.3 Å². The van der Waals surface area contributed by atoms with Crippen LogP contribution in [0.25, 0.3) is 0 Å². The Labute approximate surface area is 97.5 Å². The van der Waals surface area contributed by atoms with Gasteiger partial charge < -0.3 is 10.1 Å². The van der Waals surface area contributed by atoms with E-state index in [1.807, 2.05) is 6.92 Å². The summed E-state index contributed by atoms with van der Waals surface area (Å²) < 4.78 is 40.5. The third kappa shape index (κ3) is 6.13. The molecule has 17 heavy (non-hydrogen) atoms. The molecule has 0 bridgehead atoms. The highest BCUT2D eigenvalue weighted by molar-refractivity contribution is 5.87. The highest BCUT2D eigenvalue weighted by atomic mass is 19.4. The maximum atomic E-state index is 11.9. The number of carbonyl (C=O) groups is 2. The number of alkyl halides is 3. The number of amides is 1. The first kappa shape index (κ1) is 15.7. The molecule has 0 aromatic rings. The van der Waals surface area contributed by atoms with Gasteiger partial charge >= 0.3 is 18.1 Å². The Morgan fingerprint density at radius 2 is 1.82 bits per heavy atom. The van der Waals surface area contributed by atoms with Gasteiger partial charge in [-0.05, 0) is 20.3 Å². The first-order valence-corrected chi connectivity index (χ1v) is 5.26. The average molecular weight is 255 g/mol. The normalized spacial score (nSPS) is 14.9. The van der Waals surface area contributed by atoms with Crippen LogP contribution in [0.4, 0.5) is 13.2 Å². The molecule has 0 saturated heterocycles. The molecule has 0 radical (unpaired) electrons. The number of ether oxygens (including phenoxy) is 1.